The third kappa shape index (κ3) is 4.10. The average molecular weight is 335 g/mol. The van der Waals surface area contributed by atoms with E-state index in [2.05, 4.69) is 0 Å². The van der Waals surface area contributed by atoms with Crippen LogP contribution in [-0.4, -0.2) is 24.4 Å². The molecular weight excluding hydrogens is 321 g/mol. The summed E-state index contributed by atoms with van der Waals surface area (Å²) in [6.07, 6.45) is 0. The van der Waals surface area contributed by atoms with E-state index in [9.17, 15) is 19.5 Å². The molecule has 0 saturated carbocycles. The third-order valence-electron chi connectivity index (χ3n) is 3.08. The molecule has 8 heteroatoms. The largest absolute Gasteiger partial charge is 0.361 e. The van der Waals surface area contributed by atoms with Gasteiger partial charge in [0, 0.05) is 24.8 Å². The highest BCUT2D eigenvalue weighted by Gasteiger charge is 2.28. The lowest BCUT2D eigenvalue weighted by Gasteiger charge is -2.16. The molecule has 2 rings (SSSR count). The van der Waals surface area contributed by atoms with Crippen molar-refractivity contribution in [1.82, 2.24) is 0 Å². The fraction of sp³-hybridized carbons (Fsp3) is 0.133. The molecule has 0 aliphatic heterocycles. The number of benzene rings is 2. The molecule has 0 heterocycles. The summed E-state index contributed by atoms with van der Waals surface area (Å²) in [6.45, 7) is -0.424. The van der Waals surface area contributed by atoms with Crippen molar-refractivity contribution in [3.8, 4) is 0 Å². The average Bonchev–Trinajstić information content (AvgIpc) is 2.60. The predicted octanol–water partition coefficient (Wildman–Crippen LogP) is 2.96. The fourth-order valence-corrected chi connectivity index (χ4v) is 3.11. The molecular formula is C15H14NO6P. The molecule has 7 nitrogen and oxygen atoms in total. The van der Waals surface area contributed by atoms with Crippen LogP contribution >= 0.6 is 7.60 Å². The van der Waals surface area contributed by atoms with Crippen LogP contribution < -0.4 is 5.30 Å². The SMILES string of the molecule is COP(=O)(OCC(=O)c1ccccc1)c1ccc([N+](=O)[O-])cc1. The monoisotopic (exact) mass is 335 g/mol. The molecule has 1 unspecified atom stereocenters. The second-order valence-electron chi connectivity index (χ2n) is 4.52. The molecule has 0 amide bonds. The van der Waals surface area contributed by atoms with Gasteiger partial charge in [-0.1, -0.05) is 30.3 Å². The lowest BCUT2D eigenvalue weighted by Crippen LogP contribution is -2.14. The van der Waals surface area contributed by atoms with Crippen LogP contribution in [-0.2, 0) is 13.6 Å². The Morgan fingerprint density at radius 1 is 1.13 bits per heavy atom. The van der Waals surface area contributed by atoms with Crippen molar-refractivity contribution >= 4 is 24.4 Å². The smallest absolute Gasteiger partial charge is 0.309 e. The van der Waals surface area contributed by atoms with Crippen LogP contribution in [0.1, 0.15) is 10.4 Å². The maximum Gasteiger partial charge on any atom is 0.361 e. The highest BCUT2D eigenvalue weighted by Crippen LogP contribution is 2.46. The highest BCUT2D eigenvalue weighted by atomic mass is 31.2. The van der Waals surface area contributed by atoms with E-state index in [4.69, 9.17) is 9.05 Å². The zero-order valence-electron chi connectivity index (χ0n) is 12.2. The minimum atomic E-state index is -3.72. The Morgan fingerprint density at radius 2 is 1.74 bits per heavy atom. The number of non-ortho nitro benzene ring substituents is 1. The van der Waals surface area contributed by atoms with Gasteiger partial charge in [-0.15, -0.1) is 0 Å². The van der Waals surface area contributed by atoms with Gasteiger partial charge in [0.2, 0.25) is 0 Å². The summed E-state index contributed by atoms with van der Waals surface area (Å²) in [5, 5.41) is 10.8. The number of hydrogen-bond donors (Lipinski definition) is 0. The molecule has 0 aliphatic carbocycles. The van der Waals surface area contributed by atoms with Gasteiger partial charge in [-0.05, 0) is 12.1 Å². The first-order chi connectivity index (χ1) is 11.0. The molecule has 0 bridgehead atoms. The number of nitrogens with zero attached hydrogens (tertiary/aromatic N) is 1. The van der Waals surface area contributed by atoms with Crippen LogP contribution in [0.15, 0.2) is 54.6 Å². The minimum Gasteiger partial charge on any atom is -0.309 e. The molecule has 0 spiro atoms. The minimum absolute atomic E-state index is 0.142. The standard InChI is InChI=1S/C15H14NO6P/c1-21-23(20,14-9-7-13(8-10-14)16(18)19)22-11-15(17)12-5-3-2-4-6-12/h2-10H,11H2,1H3. The Kier molecular flexibility index (Phi) is 5.39. The summed E-state index contributed by atoms with van der Waals surface area (Å²) in [7, 11) is -2.53. The summed E-state index contributed by atoms with van der Waals surface area (Å²) < 4.78 is 22.8. The van der Waals surface area contributed by atoms with Crippen LogP contribution in [0.25, 0.3) is 0 Å². The highest BCUT2D eigenvalue weighted by molar-refractivity contribution is 7.62. The van der Waals surface area contributed by atoms with Crippen LogP contribution in [0.3, 0.4) is 0 Å². The van der Waals surface area contributed by atoms with Crippen molar-refractivity contribution in [2.24, 2.45) is 0 Å². The first-order valence-electron chi connectivity index (χ1n) is 6.60. The Labute approximate surface area is 132 Å². The quantitative estimate of drug-likeness (QED) is 0.334. The van der Waals surface area contributed by atoms with E-state index in [1.807, 2.05) is 0 Å². The molecule has 23 heavy (non-hydrogen) atoms. The molecule has 1 atom stereocenters. The molecule has 0 saturated heterocycles. The molecule has 2 aromatic carbocycles. The summed E-state index contributed by atoms with van der Waals surface area (Å²) >= 11 is 0. The van der Waals surface area contributed by atoms with Crippen LogP contribution in [0.5, 0.6) is 0 Å². The first-order valence-corrected chi connectivity index (χ1v) is 8.14. The maximum atomic E-state index is 12.6. The van der Waals surface area contributed by atoms with Crippen molar-refractivity contribution in [3.63, 3.8) is 0 Å². The number of nitro groups is 1. The second kappa shape index (κ2) is 7.28. The van der Waals surface area contributed by atoms with E-state index in [0.29, 0.717) is 5.56 Å². The summed E-state index contributed by atoms with van der Waals surface area (Å²) in [5.41, 5.74) is 0.288. The van der Waals surface area contributed by atoms with E-state index in [1.165, 1.54) is 31.4 Å². The van der Waals surface area contributed by atoms with E-state index in [-0.39, 0.29) is 16.8 Å². The van der Waals surface area contributed by atoms with Crippen LogP contribution in [0.4, 0.5) is 5.69 Å². The number of hydrogen-bond acceptors (Lipinski definition) is 6. The molecule has 120 valence electrons. The molecule has 0 fully saturated rings. The lowest BCUT2D eigenvalue weighted by molar-refractivity contribution is -0.384. The fourth-order valence-electron chi connectivity index (χ4n) is 1.84. The zero-order chi connectivity index (χ0) is 16.9. The number of Topliss-reactive ketones (excluding diaryl/α,β-unsaturated/α-hetero) is 1. The van der Waals surface area contributed by atoms with Gasteiger partial charge in [0.1, 0.15) is 6.61 Å². The normalized spacial score (nSPS) is 13.3. The van der Waals surface area contributed by atoms with Crippen molar-refractivity contribution in [3.05, 3.63) is 70.3 Å². The van der Waals surface area contributed by atoms with Gasteiger partial charge in [-0.2, -0.15) is 0 Å². The second-order valence-corrected chi connectivity index (χ2v) is 6.65. The van der Waals surface area contributed by atoms with E-state index in [0.717, 1.165) is 0 Å². The number of nitro benzene ring substituents is 1. The molecule has 0 aliphatic rings. The summed E-state index contributed by atoms with van der Waals surface area (Å²) in [4.78, 5) is 22.1. The third-order valence-corrected chi connectivity index (χ3v) is 4.96. The number of rotatable bonds is 7. The van der Waals surface area contributed by atoms with Crippen molar-refractivity contribution in [2.45, 2.75) is 0 Å². The number of ketones is 1. The number of carbonyl (C=O) groups excluding carboxylic acids is 1. The van der Waals surface area contributed by atoms with Crippen molar-refractivity contribution in [1.29, 1.82) is 0 Å². The van der Waals surface area contributed by atoms with Gasteiger partial charge in [0.25, 0.3) is 5.69 Å². The Hall–Kier alpha value is -2.34. The van der Waals surface area contributed by atoms with Gasteiger partial charge in [0.05, 0.1) is 10.2 Å². The number of carbonyl (C=O) groups is 1. The van der Waals surface area contributed by atoms with Gasteiger partial charge in [-0.3, -0.25) is 24.0 Å². The Balaban J connectivity index is 2.13. The summed E-state index contributed by atoms with van der Waals surface area (Å²) in [5.74, 6) is -0.343. The predicted molar refractivity (Wildman–Crippen MR) is 84.1 cm³/mol. The molecule has 0 N–H and O–H groups in total. The van der Waals surface area contributed by atoms with Gasteiger partial charge < -0.3 is 4.52 Å². The molecule has 0 radical (unpaired) electrons. The van der Waals surface area contributed by atoms with Gasteiger partial charge in [-0.25, -0.2) is 0 Å². The maximum absolute atomic E-state index is 12.6. The first kappa shape index (κ1) is 17.0. The Morgan fingerprint density at radius 3 is 2.26 bits per heavy atom. The van der Waals surface area contributed by atoms with E-state index >= 15 is 0 Å². The van der Waals surface area contributed by atoms with Crippen molar-refractivity contribution < 1.29 is 23.3 Å². The van der Waals surface area contributed by atoms with Gasteiger partial charge in [0.15, 0.2) is 5.78 Å². The van der Waals surface area contributed by atoms with E-state index < -0.39 is 19.1 Å². The molecule has 0 aromatic heterocycles. The van der Waals surface area contributed by atoms with E-state index in [1.54, 1.807) is 30.3 Å². The van der Waals surface area contributed by atoms with Gasteiger partial charge >= 0.3 is 7.60 Å². The molecule has 2 aromatic rings. The van der Waals surface area contributed by atoms with Crippen LogP contribution in [0.2, 0.25) is 0 Å². The van der Waals surface area contributed by atoms with Crippen LogP contribution in [0, 0.1) is 10.1 Å². The van der Waals surface area contributed by atoms with Crippen molar-refractivity contribution in [2.75, 3.05) is 13.7 Å². The summed E-state index contributed by atoms with van der Waals surface area (Å²) in [6, 6.07) is 13.4. The topological polar surface area (TPSA) is 95.7 Å². The zero-order valence-corrected chi connectivity index (χ0v) is 13.1. The lowest BCUT2D eigenvalue weighted by atomic mass is 10.1. The Bertz CT molecular complexity index is 744.